The zero-order valence-corrected chi connectivity index (χ0v) is 15.5. The Labute approximate surface area is 148 Å². The third kappa shape index (κ3) is 4.59. The van der Waals surface area contributed by atoms with E-state index in [0.29, 0.717) is 11.5 Å². The molecule has 0 fully saturated rings. The number of hydrogen-bond donors (Lipinski definition) is 3. The van der Waals surface area contributed by atoms with Gasteiger partial charge in [0.05, 0.1) is 17.5 Å². The Morgan fingerprint density at radius 3 is 2.73 bits per heavy atom. The van der Waals surface area contributed by atoms with Gasteiger partial charge in [0.25, 0.3) is 5.91 Å². The van der Waals surface area contributed by atoms with Gasteiger partial charge in [-0.2, -0.15) is 5.10 Å². The van der Waals surface area contributed by atoms with Crippen molar-refractivity contribution in [1.82, 2.24) is 20.4 Å². The molecule has 0 aromatic carbocycles. The van der Waals surface area contributed by atoms with Crippen LogP contribution in [0.15, 0.2) is 11.2 Å². The summed E-state index contributed by atoms with van der Waals surface area (Å²) in [4.78, 5) is 16.0. The molecule has 0 radical (unpaired) electrons. The molecule has 22 heavy (non-hydrogen) atoms. The van der Waals surface area contributed by atoms with Gasteiger partial charge in [-0.25, -0.2) is 0 Å². The average molecular weight is 420 g/mol. The molecule has 8 heteroatoms. The minimum atomic E-state index is -0.401. The summed E-state index contributed by atoms with van der Waals surface area (Å²) in [6, 6.07) is 0. The molecule has 2 heterocycles. The molecule has 1 aliphatic rings. The smallest absolute Gasteiger partial charge is 0.252 e. The number of halogens is 1. The number of carbonyl (C=O) groups excluding carboxylic acids is 1. The summed E-state index contributed by atoms with van der Waals surface area (Å²) in [7, 11) is 0. The summed E-state index contributed by atoms with van der Waals surface area (Å²) in [6.45, 7) is 7.33. The highest BCUT2D eigenvalue weighted by Gasteiger charge is 2.24. The van der Waals surface area contributed by atoms with Crippen LogP contribution >= 0.6 is 24.0 Å². The Bertz CT molecular complexity index is 519. The number of aliphatic imine (C=N–C) groups is 1. The number of amides is 1. The van der Waals surface area contributed by atoms with Gasteiger partial charge >= 0.3 is 0 Å². The molecule has 0 aliphatic carbocycles. The molecule has 1 aliphatic heterocycles. The third-order valence-electron chi connectivity index (χ3n) is 3.64. The fraction of sp³-hybridized carbons (Fsp3) is 0.643. The molecule has 1 aromatic heterocycles. The van der Waals surface area contributed by atoms with Crippen LogP contribution in [0.5, 0.6) is 0 Å². The topological polar surface area (TPSA) is 97.3 Å². The molecule has 0 spiro atoms. The summed E-state index contributed by atoms with van der Waals surface area (Å²) in [6.07, 6.45) is 3.39. The number of aryl methyl sites for hydroxylation is 1. The lowest BCUT2D eigenvalue weighted by atomic mass is 9.94. The van der Waals surface area contributed by atoms with Crippen molar-refractivity contribution >= 4 is 35.8 Å². The van der Waals surface area contributed by atoms with Crippen molar-refractivity contribution in [2.45, 2.75) is 33.2 Å². The highest BCUT2D eigenvalue weighted by atomic mass is 127. The summed E-state index contributed by atoms with van der Waals surface area (Å²) in [5.41, 5.74) is 6.88. The van der Waals surface area contributed by atoms with E-state index in [1.165, 1.54) is 0 Å². The Morgan fingerprint density at radius 1 is 1.45 bits per heavy atom. The van der Waals surface area contributed by atoms with Crippen LogP contribution in [0.3, 0.4) is 0 Å². The quantitative estimate of drug-likeness (QED) is 0.372. The van der Waals surface area contributed by atoms with Gasteiger partial charge in [-0.1, -0.05) is 0 Å². The van der Waals surface area contributed by atoms with E-state index in [2.05, 4.69) is 20.7 Å². The number of aromatic nitrogens is 2. The average Bonchev–Trinajstić information content (AvgIpc) is 2.88. The third-order valence-corrected chi connectivity index (χ3v) is 3.64. The number of nitrogens with two attached hydrogens (primary N) is 1. The minimum absolute atomic E-state index is 0. The van der Waals surface area contributed by atoms with E-state index in [4.69, 9.17) is 5.73 Å². The van der Waals surface area contributed by atoms with Gasteiger partial charge in [0, 0.05) is 26.2 Å². The molecule has 4 N–H and O–H groups in total. The Kier molecular flexibility index (Phi) is 7.63. The van der Waals surface area contributed by atoms with Gasteiger partial charge in [-0.15, -0.1) is 24.0 Å². The summed E-state index contributed by atoms with van der Waals surface area (Å²) < 4.78 is 1.88. The predicted molar refractivity (Wildman–Crippen MR) is 97.6 cm³/mol. The largest absolute Gasteiger partial charge is 0.365 e. The van der Waals surface area contributed by atoms with E-state index in [1.54, 1.807) is 6.20 Å². The number of guanidine groups is 1. The van der Waals surface area contributed by atoms with Crippen molar-refractivity contribution in [2.75, 3.05) is 19.6 Å². The number of hydrogen-bond acceptors (Lipinski definition) is 3. The fourth-order valence-corrected chi connectivity index (χ4v) is 2.59. The first kappa shape index (κ1) is 18.7. The molecule has 0 saturated heterocycles. The van der Waals surface area contributed by atoms with Gasteiger partial charge in [0.15, 0.2) is 5.96 Å². The van der Waals surface area contributed by atoms with Crippen LogP contribution in [-0.4, -0.2) is 41.3 Å². The standard InChI is InChI=1S/C14H24N6O.HI/c1-3-16-14(17-4-2)18-8-10-5-6-20-12(7-10)11(9-19-20)13(15)21;/h9-10H,3-8H2,1-2H3,(H2,15,21)(H2,16,17,18);1H. The second kappa shape index (κ2) is 8.96. The van der Waals surface area contributed by atoms with Crippen molar-refractivity contribution < 1.29 is 4.79 Å². The molecular weight excluding hydrogens is 395 g/mol. The predicted octanol–water partition coefficient (Wildman–Crippen LogP) is 0.737. The zero-order chi connectivity index (χ0) is 15.2. The molecule has 0 saturated carbocycles. The van der Waals surface area contributed by atoms with E-state index in [0.717, 1.165) is 50.7 Å². The summed E-state index contributed by atoms with van der Waals surface area (Å²) in [5, 5.41) is 10.7. The van der Waals surface area contributed by atoms with Crippen molar-refractivity contribution in [2.24, 2.45) is 16.6 Å². The van der Waals surface area contributed by atoms with Crippen LogP contribution in [-0.2, 0) is 13.0 Å². The lowest BCUT2D eigenvalue weighted by molar-refractivity contribution is 0.0998. The lowest BCUT2D eigenvalue weighted by Gasteiger charge is -2.23. The van der Waals surface area contributed by atoms with E-state index in [1.807, 2.05) is 18.5 Å². The van der Waals surface area contributed by atoms with Crippen LogP contribution in [0.25, 0.3) is 0 Å². The Morgan fingerprint density at radius 2 is 2.14 bits per heavy atom. The maximum Gasteiger partial charge on any atom is 0.252 e. The number of rotatable bonds is 5. The van der Waals surface area contributed by atoms with Crippen LogP contribution in [0.4, 0.5) is 0 Å². The number of fused-ring (bicyclic) bond motifs is 1. The van der Waals surface area contributed by atoms with Crippen molar-refractivity contribution in [3.8, 4) is 0 Å². The van der Waals surface area contributed by atoms with Gasteiger partial charge in [-0.3, -0.25) is 14.5 Å². The SMILES string of the molecule is CCNC(=NCC1CCn2ncc(C(N)=O)c2C1)NCC.I. The van der Waals surface area contributed by atoms with E-state index < -0.39 is 5.91 Å². The van der Waals surface area contributed by atoms with Crippen LogP contribution in [0.2, 0.25) is 0 Å². The second-order valence-electron chi connectivity index (χ2n) is 5.20. The first-order valence-corrected chi connectivity index (χ1v) is 7.52. The van der Waals surface area contributed by atoms with Gasteiger partial charge in [-0.05, 0) is 32.6 Å². The van der Waals surface area contributed by atoms with Crippen molar-refractivity contribution in [1.29, 1.82) is 0 Å². The molecule has 2 rings (SSSR count). The van der Waals surface area contributed by atoms with Crippen LogP contribution in [0, 0.1) is 5.92 Å². The summed E-state index contributed by atoms with van der Waals surface area (Å²) in [5.74, 6) is 0.857. The zero-order valence-electron chi connectivity index (χ0n) is 13.1. The van der Waals surface area contributed by atoms with Crippen LogP contribution < -0.4 is 16.4 Å². The molecule has 1 atom stereocenters. The molecule has 124 valence electrons. The normalized spacial score (nSPS) is 16.2. The minimum Gasteiger partial charge on any atom is -0.365 e. The number of primary amides is 1. The molecule has 0 bridgehead atoms. The molecule has 1 unspecified atom stereocenters. The lowest BCUT2D eigenvalue weighted by Crippen LogP contribution is -2.37. The highest BCUT2D eigenvalue weighted by Crippen LogP contribution is 2.23. The fourth-order valence-electron chi connectivity index (χ4n) is 2.59. The number of nitrogens with one attached hydrogen (secondary N) is 2. The van der Waals surface area contributed by atoms with E-state index in [-0.39, 0.29) is 24.0 Å². The second-order valence-corrected chi connectivity index (χ2v) is 5.20. The molecule has 7 nitrogen and oxygen atoms in total. The van der Waals surface area contributed by atoms with Gasteiger partial charge < -0.3 is 16.4 Å². The Balaban J connectivity index is 0.00000242. The first-order valence-electron chi connectivity index (χ1n) is 7.52. The first-order chi connectivity index (χ1) is 10.2. The van der Waals surface area contributed by atoms with Crippen LogP contribution in [0.1, 0.15) is 36.3 Å². The maximum atomic E-state index is 11.4. The molecular formula is C14H25IN6O. The molecule has 1 aromatic rings. The maximum absolute atomic E-state index is 11.4. The number of nitrogens with zero attached hydrogens (tertiary/aromatic N) is 3. The number of carbonyl (C=O) groups is 1. The Hall–Kier alpha value is -1.32. The van der Waals surface area contributed by atoms with E-state index >= 15 is 0 Å². The van der Waals surface area contributed by atoms with Crippen molar-refractivity contribution in [3.05, 3.63) is 17.5 Å². The van der Waals surface area contributed by atoms with E-state index in [9.17, 15) is 4.79 Å². The van der Waals surface area contributed by atoms with Gasteiger partial charge in [0.1, 0.15) is 0 Å². The monoisotopic (exact) mass is 420 g/mol. The van der Waals surface area contributed by atoms with Crippen molar-refractivity contribution in [3.63, 3.8) is 0 Å². The molecule has 1 amide bonds. The van der Waals surface area contributed by atoms with Gasteiger partial charge in [0.2, 0.25) is 0 Å². The summed E-state index contributed by atoms with van der Waals surface area (Å²) >= 11 is 0. The highest BCUT2D eigenvalue weighted by molar-refractivity contribution is 14.0.